The van der Waals surface area contributed by atoms with Crippen molar-refractivity contribution in [1.82, 2.24) is 15.5 Å². The Kier molecular flexibility index (Phi) is 12.3. The van der Waals surface area contributed by atoms with E-state index in [-0.39, 0.29) is 29.8 Å². The van der Waals surface area contributed by atoms with Gasteiger partial charge in [-0.3, -0.25) is 4.99 Å². The summed E-state index contributed by atoms with van der Waals surface area (Å²) < 4.78 is 18.7. The first kappa shape index (κ1) is 25.2. The van der Waals surface area contributed by atoms with E-state index < -0.39 is 0 Å². The van der Waals surface area contributed by atoms with Gasteiger partial charge in [-0.15, -0.1) is 24.0 Å². The van der Waals surface area contributed by atoms with Crippen LogP contribution in [-0.2, 0) is 13.0 Å². The zero-order chi connectivity index (χ0) is 20.2. The average Bonchev–Trinajstić information content (AvgIpc) is 2.70. The lowest BCUT2D eigenvalue weighted by Gasteiger charge is -2.13. The SMILES string of the molecule is CN=C(NCCc1ccc(F)cc1)NCc1ccc(OCCCN(C)C)cc1.I. The number of aliphatic imine (C=N–C) groups is 1. The van der Waals surface area contributed by atoms with Gasteiger partial charge in [-0.25, -0.2) is 4.39 Å². The number of hydrogen-bond donors (Lipinski definition) is 2. The third-order valence-electron chi connectivity index (χ3n) is 4.24. The Hall–Kier alpha value is -1.87. The van der Waals surface area contributed by atoms with Crippen LogP contribution in [0.5, 0.6) is 5.75 Å². The molecule has 0 fully saturated rings. The van der Waals surface area contributed by atoms with Gasteiger partial charge in [-0.1, -0.05) is 24.3 Å². The van der Waals surface area contributed by atoms with E-state index in [9.17, 15) is 4.39 Å². The van der Waals surface area contributed by atoms with Crippen LogP contribution < -0.4 is 15.4 Å². The summed E-state index contributed by atoms with van der Waals surface area (Å²) in [6, 6.07) is 14.7. The standard InChI is InChI=1S/C22H31FN4O.HI/c1-24-22(25-14-13-18-5-9-20(23)10-6-18)26-17-19-7-11-21(12-8-19)28-16-4-15-27(2)3;/h5-12H,4,13-17H2,1-3H3,(H2,24,25,26);1H. The lowest BCUT2D eigenvalue weighted by atomic mass is 10.1. The van der Waals surface area contributed by atoms with Crippen LogP contribution in [-0.4, -0.2) is 51.7 Å². The van der Waals surface area contributed by atoms with Gasteiger partial charge in [0.15, 0.2) is 5.96 Å². The summed E-state index contributed by atoms with van der Waals surface area (Å²) in [7, 11) is 5.87. The largest absolute Gasteiger partial charge is 0.494 e. The fourth-order valence-corrected chi connectivity index (χ4v) is 2.66. The molecule has 0 unspecified atom stereocenters. The van der Waals surface area contributed by atoms with Gasteiger partial charge in [-0.2, -0.15) is 0 Å². The Labute approximate surface area is 190 Å². The van der Waals surface area contributed by atoms with Gasteiger partial charge in [0, 0.05) is 26.7 Å². The van der Waals surface area contributed by atoms with Crippen LogP contribution in [0.15, 0.2) is 53.5 Å². The zero-order valence-electron chi connectivity index (χ0n) is 17.5. The molecule has 2 aromatic carbocycles. The highest BCUT2D eigenvalue weighted by atomic mass is 127. The van der Waals surface area contributed by atoms with Gasteiger partial charge in [0.1, 0.15) is 11.6 Å². The monoisotopic (exact) mass is 514 g/mol. The molecule has 0 radical (unpaired) electrons. The molecular formula is C22H32FIN4O. The average molecular weight is 514 g/mol. The van der Waals surface area contributed by atoms with E-state index in [0.717, 1.165) is 55.4 Å². The summed E-state index contributed by atoms with van der Waals surface area (Å²) in [6.07, 6.45) is 1.82. The molecule has 0 aliphatic heterocycles. The van der Waals surface area contributed by atoms with Crippen LogP contribution in [0.1, 0.15) is 17.5 Å². The highest BCUT2D eigenvalue weighted by Crippen LogP contribution is 2.12. The molecule has 0 spiro atoms. The van der Waals surface area contributed by atoms with Crippen LogP contribution in [0.2, 0.25) is 0 Å². The van der Waals surface area contributed by atoms with Crippen molar-refractivity contribution in [3.05, 3.63) is 65.5 Å². The molecule has 0 aliphatic carbocycles. The van der Waals surface area contributed by atoms with Crippen molar-refractivity contribution in [3.8, 4) is 5.75 Å². The number of ether oxygens (including phenoxy) is 1. The number of hydrogen-bond acceptors (Lipinski definition) is 3. The minimum Gasteiger partial charge on any atom is -0.494 e. The zero-order valence-corrected chi connectivity index (χ0v) is 19.8. The molecule has 29 heavy (non-hydrogen) atoms. The van der Waals surface area contributed by atoms with Crippen molar-refractivity contribution in [1.29, 1.82) is 0 Å². The maximum Gasteiger partial charge on any atom is 0.191 e. The molecule has 2 aromatic rings. The number of halogens is 2. The van der Waals surface area contributed by atoms with Crippen LogP contribution in [0.25, 0.3) is 0 Å². The van der Waals surface area contributed by atoms with Gasteiger partial charge in [0.2, 0.25) is 0 Å². The number of benzene rings is 2. The highest BCUT2D eigenvalue weighted by Gasteiger charge is 2.01. The van der Waals surface area contributed by atoms with Crippen molar-refractivity contribution in [2.75, 3.05) is 40.8 Å². The summed E-state index contributed by atoms with van der Waals surface area (Å²) in [4.78, 5) is 6.39. The topological polar surface area (TPSA) is 48.9 Å². The first-order valence-electron chi connectivity index (χ1n) is 9.62. The van der Waals surface area contributed by atoms with E-state index in [1.165, 1.54) is 12.1 Å². The predicted octanol–water partition coefficient (Wildman–Crippen LogP) is 3.68. The maximum absolute atomic E-state index is 12.9. The predicted molar refractivity (Wildman–Crippen MR) is 129 cm³/mol. The first-order valence-corrected chi connectivity index (χ1v) is 9.62. The van der Waals surface area contributed by atoms with Gasteiger partial charge in [0.25, 0.3) is 0 Å². The van der Waals surface area contributed by atoms with Gasteiger partial charge >= 0.3 is 0 Å². The van der Waals surface area contributed by atoms with Crippen molar-refractivity contribution in [2.45, 2.75) is 19.4 Å². The third kappa shape index (κ3) is 10.5. The van der Waals surface area contributed by atoms with E-state index >= 15 is 0 Å². The summed E-state index contributed by atoms with van der Waals surface area (Å²) in [5.41, 5.74) is 2.24. The summed E-state index contributed by atoms with van der Waals surface area (Å²) in [5.74, 6) is 1.43. The van der Waals surface area contributed by atoms with E-state index in [1.54, 1.807) is 19.2 Å². The van der Waals surface area contributed by atoms with E-state index in [2.05, 4.69) is 46.8 Å². The van der Waals surface area contributed by atoms with Gasteiger partial charge in [-0.05, 0) is 62.3 Å². The quantitative estimate of drug-likeness (QED) is 0.220. The molecular weight excluding hydrogens is 482 g/mol. The molecule has 0 heterocycles. The van der Waals surface area contributed by atoms with Crippen LogP contribution in [0.3, 0.4) is 0 Å². The normalized spacial score (nSPS) is 11.1. The number of guanidine groups is 1. The fourth-order valence-electron chi connectivity index (χ4n) is 2.66. The Morgan fingerprint density at radius 2 is 1.66 bits per heavy atom. The number of nitrogens with one attached hydrogen (secondary N) is 2. The Balaban J connectivity index is 0.00000420. The summed E-state index contributed by atoms with van der Waals surface area (Å²) in [5, 5.41) is 6.57. The van der Waals surface area contributed by atoms with Gasteiger partial charge < -0.3 is 20.3 Å². The highest BCUT2D eigenvalue weighted by molar-refractivity contribution is 14.0. The van der Waals surface area contributed by atoms with Crippen molar-refractivity contribution in [2.24, 2.45) is 4.99 Å². The van der Waals surface area contributed by atoms with Crippen molar-refractivity contribution in [3.63, 3.8) is 0 Å². The molecule has 5 nitrogen and oxygen atoms in total. The van der Waals surface area contributed by atoms with E-state index in [4.69, 9.17) is 4.74 Å². The van der Waals surface area contributed by atoms with Crippen LogP contribution in [0.4, 0.5) is 4.39 Å². The van der Waals surface area contributed by atoms with Crippen LogP contribution in [0, 0.1) is 5.82 Å². The molecule has 2 rings (SSSR count). The molecule has 7 heteroatoms. The summed E-state index contributed by atoms with van der Waals surface area (Å²) >= 11 is 0. The Bertz CT molecular complexity index is 721. The first-order chi connectivity index (χ1) is 13.6. The number of nitrogens with zero attached hydrogens (tertiary/aromatic N) is 2. The second-order valence-electron chi connectivity index (χ2n) is 6.88. The molecule has 0 amide bonds. The Morgan fingerprint density at radius 1 is 1.00 bits per heavy atom. The second-order valence-corrected chi connectivity index (χ2v) is 6.88. The van der Waals surface area contributed by atoms with Crippen LogP contribution >= 0.6 is 24.0 Å². The molecule has 2 N–H and O–H groups in total. The molecule has 0 bridgehead atoms. The van der Waals surface area contributed by atoms with E-state index in [0.29, 0.717) is 6.54 Å². The van der Waals surface area contributed by atoms with Crippen molar-refractivity contribution >= 4 is 29.9 Å². The van der Waals surface area contributed by atoms with Gasteiger partial charge in [0.05, 0.1) is 6.61 Å². The minimum absolute atomic E-state index is 0. The third-order valence-corrected chi connectivity index (χ3v) is 4.24. The smallest absolute Gasteiger partial charge is 0.191 e. The van der Waals surface area contributed by atoms with Crippen molar-refractivity contribution < 1.29 is 9.13 Å². The molecule has 0 aromatic heterocycles. The molecule has 0 atom stereocenters. The fraction of sp³-hybridized carbons (Fsp3) is 0.409. The molecule has 0 saturated carbocycles. The lowest BCUT2D eigenvalue weighted by molar-refractivity contribution is 0.281. The van der Waals surface area contributed by atoms with E-state index in [1.807, 2.05) is 12.1 Å². The second kappa shape index (κ2) is 14.2. The Morgan fingerprint density at radius 3 is 2.28 bits per heavy atom. The maximum atomic E-state index is 12.9. The molecule has 160 valence electrons. The minimum atomic E-state index is -0.209. The summed E-state index contributed by atoms with van der Waals surface area (Å²) in [6.45, 7) is 3.15. The molecule has 0 saturated heterocycles. The number of rotatable bonds is 10. The lowest BCUT2D eigenvalue weighted by Crippen LogP contribution is -2.37. The molecule has 0 aliphatic rings.